The van der Waals surface area contributed by atoms with Crippen molar-refractivity contribution in [2.75, 3.05) is 6.61 Å². The van der Waals surface area contributed by atoms with Gasteiger partial charge >= 0.3 is 11.9 Å². The highest BCUT2D eigenvalue weighted by atomic mass is 16.5. The van der Waals surface area contributed by atoms with E-state index in [9.17, 15) is 14.4 Å². The highest BCUT2D eigenvalue weighted by molar-refractivity contribution is 6.14. The Labute approximate surface area is 241 Å². The van der Waals surface area contributed by atoms with Crippen LogP contribution in [0.1, 0.15) is 67.6 Å². The van der Waals surface area contributed by atoms with Crippen molar-refractivity contribution in [1.29, 1.82) is 0 Å². The van der Waals surface area contributed by atoms with Crippen molar-refractivity contribution in [3.8, 4) is 0 Å². The number of allylic oxidation sites excluding steroid dienone is 5. The number of rotatable bonds is 6. The van der Waals surface area contributed by atoms with Crippen molar-refractivity contribution < 1.29 is 23.9 Å². The van der Waals surface area contributed by atoms with Gasteiger partial charge in [-0.25, -0.2) is 4.79 Å². The molecule has 0 heterocycles. The van der Waals surface area contributed by atoms with Crippen LogP contribution in [0.15, 0.2) is 114 Å². The van der Waals surface area contributed by atoms with E-state index in [2.05, 4.69) is 6.08 Å². The molecule has 5 heteroatoms. The van der Waals surface area contributed by atoms with Gasteiger partial charge in [-0.2, -0.15) is 0 Å². The number of Topliss-reactive ketones (excluding diaryl/α,β-unsaturated/α-hetero) is 1. The maximum atomic E-state index is 14.7. The van der Waals surface area contributed by atoms with Gasteiger partial charge in [-0.05, 0) is 86.6 Å². The highest BCUT2D eigenvalue weighted by Gasteiger charge is 2.51. The average Bonchev–Trinajstić information content (AvgIpc) is 3.15. The highest BCUT2D eigenvalue weighted by Crippen LogP contribution is 2.51. The lowest BCUT2D eigenvalue weighted by Gasteiger charge is -2.28. The number of carbonyl (C=O) groups excluding carboxylic acids is 3. The molecule has 0 unspecified atom stereocenters. The lowest BCUT2D eigenvalue weighted by Crippen LogP contribution is -2.33. The van der Waals surface area contributed by atoms with Gasteiger partial charge in [0, 0.05) is 0 Å². The van der Waals surface area contributed by atoms with E-state index < -0.39 is 16.8 Å². The van der Waals surface area contributed by atoms with Crippen LogP contribution in [0.2, 0.25) is 0 Å². The number of esters is 2. The average molecular weight is 547 g/mol. The molecule has 0 atom stereocenters. The van der Waals surface area contributed by atoms with Gasteiger partial charge in [-0.1, -0.05) is 78.9 Å². The minimum absolute atomic E-state index is 0.0898. The summed E-state index contributed by atoms with van der Waals surface area (Å²) in [5.41, 5.74) is 3.60. The molecule has 0 aromatic heterocycles. The predicted molar refractivity (Wildman–Crippen MR) is 159 cm³/mol. The number of hydrogen-bond acceptors (Lipinski definition) is 5. The summed E-state index contributed by atoms with van der Waals surface area (Å²) >= 11 is 0. The van der Waals surface area contributed by atoms with Crippen LogP contribution in [-0.2, 0) is 24.5 Å². The largest absolute Gasteiger partial charge is 0.462 e. The molecule has 41 heavy (non-hydrogen) atoms. The van der Waals surface area contributed by atoms with Gasteiger partial charge in [0.25, 0.3) is 0 Å². The molecule has 2 aliphatic carbocycles. The number of carbonyl (C=O) groups is 3. The Bertz CT molecular complexity index is 1530. The Kier molecular flexibility index (Phi) is 7.63. The lowest BCUT2D eigenvalue weighted by molar-refractivity contribution is -0.148. The molecule has 0 saturated heterocycles. The first-order chi connectivity index (χ1) is 19.6. The Morgan fingerprint density at radius 1 is 0.829 bits per heavy atom. The molecule has 1 fully saturated rings. The molecule has 0 bridgehead atoms. The van der Waals surface area contributed by atoms with Gasteiger partial charge in [0.2, 0.25) is 0 Å². The zero-order valence-electron chi connectivity index (χ0n) is 23.9. The lowest BCUT2D eigenvalue weighted by atomic mass is 9.72. The molecular weight excluding hydrogens is 512 g/mol. The Hall–Kier alpha value is -4.51. The van der Waals surface area contributed by atoms with Gasteiger partial charge in [0.15, 0.2) is 5.78 Å². The topological polar surface area (TPSA) is 69.7 Å². The molecule has 0 radical (unpaired) electrons. The van der Waals surface area contributed by atoms with Gasteiger partial charge < -0.3 is 9.47 Å². The van der Waals surface area contributed by atoms with Crippen LogP contribution in [0, 0.1) is 5.41 Å². The fraction of sp³-hybridized carbons (Fsp3) is 0.250. The van der Waals surface area contributed by atoms with Crippen molar-refractivity contribution in [3.63, 3.8) is 0 Å². The zero-order chi connectivity index (χ0) is 29.2. The second-order valence-electron chi connectivity index (χ2n) is 11.4. The van der Waals surface area contributed by atoms with Crippen molar-refractivity contribution in [1.82, 2.24) is 0 Å². The monoisotopic (exact) mass is 546 g/mol. The van der Waals surface area contributed by atoms with Crippen molar-refractivity contribution >= 4 is 23.3 Å². The van der Waals surface area contributed by atoms with E-state index >= 15 is 0 Å². The van der Waals surface area contributed by atoms with Crippen molar-refractivity contribution in [3.05, 3.63) is 136 Å². The standard InChI is InChI=1S/C36H34O5/c1-5-40-33(38)25-18-16-24(17-19-25)26-20-21-27-23-36(28-12-8-6-9-13-28,29-14-10-7-11-15-29)32(37)31(27)30(22-26)41-34(39)35(2,3)4/h6-19,21-22H,5,20,23H2,1-4H3. The zero-order valence-corrected chi connectivity index (χ0v) is 23.9. The van der Waals surface area contributed by atoms with E-state index in [1.165, 1.54) is 0 Å². The molecule has 0 amide bonds. The van der Waals surface area contributed by atoms with Crippen molar-refractivity contribution in [2.45, 2.75) is 46.0 Å². The molecule has 0 N–H and O–H groups in total. The van der Waals surface area contributed by atoms with Gasteiger partial charge in [0.05, 0.1) is 28.6 Å². The second kappa shape index (κ2) is 11.2. The minimum Gasteiger partial charge on any atom is -0.462 e. The molecule has 3 aromatic carbocycles. The number of benzene rings is 3. The normalized spacial score (nSPS) is 16.3. The first kappa shape index (κ1) is 28.0. The minimum atomic E-state index is -0.935. The van der Waals surface area contributed by atoms with Crippen LogP contribution < -0.4 is 0 Å². The van der Waals surface area contributed by atoms with Gasteiger partial charge in [-0.3, -0.25) is 9.59 Å². The fourth-order valence-corrected chi connectivity index (χ4v) is 5.43. The SMILES string of the molecule is CCOC(=O)c1ccc(C2=CC(OC(=O)C(C)(C)C)=C3C(=O)C(c4ccccc4)(c4ccccc4)CC3=CC2)cc1. The Morgan fingerprint density at radius 2 is 1.41 bits per heavy atom. The molecular formula is C36H34O5. The number of fused-ring (bicyclic) bond motifs is 1. The molecule has 5 rings (SSSR count). The first-order valence-electron chi connectivity index (χ1n) is 13.9. The van der Waals surface area contributed by atoms with E-state index in [1.54, 1.807) is 39.8 Å². The van der Waals surface area contributed by atoms with E-state index in [1.807, 2.05) is 78.9 Å². The van der Waals surface area contributed by atoms with Gasteiger partial charge in [-0.15, -0.1) is 0 Å². The summed E-state index contributed by atoms with van der Waals surface area (Å²) in [6.07, 6.45) is 4.87. The summed E-state index contributed by atoms with van der Waals surface area (Å²) in [4.78, 5) is 40.1. The summed E-state index contributed by atoms with van der Waals surface area (Å²) in [6, 6.07) is 26.8. The molecule has 0 aliphatic heterocycles. The van der Waals surface area contributed by atoms with Crippen LogP contribution in [0.25, 0.3) is 5.57 Å². The van der Waals surface area contributed by atoms with E-state index in [0.29, 0.717) is 30.6 Å². The van der Waals surface area contributed by atoms with Crippen LogP contribution in [0.3, 0.4) is 0 Å². The molecule has 5 nitrogen and oxygen atoms in total. The Balaban J connectivity index is 1.66. The number of hydrogen-bond donors (Lipinski definition) is 0. The molecule has 208 valence electrons. The third kappa shape index (κ3) is 5.32. The van der Waals surface area contributed by atoms with Crippen LogP contribution in [-0.4, -0.2) is 24.3 Å². The quantitative estimate of drug-likeness (QED) is 0.302. The van der Waals surface area contributed by atoms with E-state index in [4.69, 9.17) is 9.47 Å². The summed E-state index contributed by atoms with van der Waals surface area (Å²) in [6.45, 7) is 7.45. The van der Waals surface area contributed by atoms with Crippen LogP contribution >= 0.6 is 0 Å². The summed E-state index contributed by atoms with van der Waals surface area (Å²) in [5, 5.41) is 0. The van der Waals surface area contributed by atoms with E-state index in [-0.39, 0.29) is 17.5 Å². The number of ketones is 1. The molecule has 3 aromatic rings. The maximum absolute atomic E-state index is 14.7. The first-order valence-corrected chi connectivity index (χ1v) is 13.9. The molecule has 0 spiro atoms. The molecule has 1 saturated carbocycles. The smallest absolute Gasteiger partial charge is 0.338 e. The third-order valence-corrected chi connectivity index (χ3v) is 7.63. The third-order valence-electron chi connectivity index (χ3n) is 7.63. The van der Waals surface area contributed by atoms with E-state index in [0.717, 1.165) is 27.8 Å². The second-order valence-corrected chi connectivity index (χ2v) is 11.4. The summed E-state index contributed by atoms with van der Waals surface area (Å²) < 4.78 is 11.2. The number of ether oxygens (including phenoxy) is 2. The summed E-state index contributed by atoms with van der Waals surface area (Å²) in [5.74, 6) is -0.625. The fourth-order valence-electron chi connectivity index (χ4n) is 5.43. The van der Waals surface area contributed by atoms with Crippen LogP contribution in [0.4, 0.5) is 0 Å². The summed E-state index contributed by atoms with van der Waals surface area (Å²) in [7, 11) is 0. The maximum Gasteiger partial charge on any atom is 0.338 e. The van der Waals surface area contributed by atoms with Crippen molar-refractivity contribution in [2.24, 2.45) is 5.41 Å². The predicted octanol–water partition coefficient (Wildman–Crippen LogP) is 7.38. The molecule has 2 aliphatic rings. The Morgan fingerprint density at radius 3 is 1.95 bits per heavy atom. The van der Waals surface area contributed by atoms with Crippen LogP contribution in [0.5, 0.6) is 0 Å². The van der Waals surface area contributed by atoms with Gasteiger partial charge in [0.1, 0.15) is 5.76 Å².